The van der Waals surface area contributed by atoms with E-state index < -0.39 is 15.6 Å². The number of hydrogen-bond acceptors (Lipinski definition) is 4. The van der Waals surface area contributed by atoms with Gasteiger partial charge in [-0.1, -0.05) is 19.1 Å². The minimum absolute atomic E-state index is 0.307. The molecule has 1 unspecified atom stereocenters. The molecule has 2 N–H and O–H groups in total. The second-order valence-corrected chi connectivity index (χ2v) is 7.08. The summed E-state index contributed by atoms with van der Waals surface area (Å²) in [7, 11) is -3.51. The zero-order valence-corrected chi connectivity index (χ0v) is 12.8. The molecule has 0 radical (unpaired) electrons. The van der Waals surface area contributed by atoms with Gasteiger partial charge in [-0.05, 0) is 37.6 Å². The average Bonchev–Trinajstić information content (AvgIpc) is 2.82. The topological polar surface area (TPSA) is 67.4 Å². The van der Waals surface area contributed by atoms with E-state index in [0.29, 0.717) is 31.1 Å². The fourth-order valence-corrected chi connectivity index (χ4v) is 3.71. The van der Waals surface area contributed by atoms with Gasteiger partial charge in [0.2, 0.25) is 10.0 Å². The van der Waals surface area contributed by atoms with Crippen LogP contribution >= 0.6 is 0 Å². The van der Waals surface area contributed by atoms with Gasteiger partial charge in [-0.3, -0.25) is 0 Å². The SMILES string of the molecule is CCNCc1cccc(S(=O)(=O)NC2(C)CCOC2)c1. The maximum atomic E-state index is 12.4. The minimum Gasteiger partial charge on any atom is -0.379 e. The Kier molecular flexibility index (Phi) is 4.80. The van der Waals surface area contributed by atoms with Crippen LogP contribution in [0.15, 0.2) is 29.2 Å². The number of ether oxygens (including phenoxy) is 1. The third-order valence-corrected chi connectivity index (χ3v) is 5.02. The maximum absolute atomic E-state index is 12.4. The Morgan fingerprint density at radius 2 is 2.20 bits per heavy atom. The molecule has 1 heterocycles. The van der Waals surface area contributed by atoms with Crippen molar-refractivity contribution >= 4 is 10.0 Å². The van der Waals surface area contributed by atoms with E-state index in [4.69, 9.17) is 4.74 Å². The molecule has 1 atom stereocenters. The third-order valence-electron chi connectivity index (χ3n) is 3.39. The number of sulfonamides is 1. The summed E-state index contributed by atoms with van der Waals surface area (Å²) in [5.74, 6) is 0. The summed E-state index contributed by atoms with van der Waals surface area (Å²) in [4.78, 5) is 0.307. The van der Waals surface area contributed by atoms with Crippen molar-refractivity contribution in [3.8, 4) is 0 Å². The molecule has 1 aliphatic heterocycles. The van der Waals surface area contributed by atoms with Crippen LogP contribution in [-0.2, 0) is 21.3 Å². The van der Waals surface area contributed by atoms with Crippen LogP contribution in [0.1, 0.15) is 25.8 Å². The van der Waals surface area contributed by atoms with Gasteiger partial charge >= 0.3 is 0 Å². The van der Waals surface area contributed by atoms with Gasteiger partial charge in [0.1, 0.15) is 0 Å². The average molecular weight is 298 g/mol. The Hall–Kier alpha value is -0.950. The number of rotatable bonds is 6. The summed E-state index contributed by atoms with van der Waals surface area (Å²) >= 11 is 0. The predicted molar refractivity (Wildman–Crippen MR) is 78.0 cm³/mol. The zero-order valence-electron chi connectivity index (χ0n) is 12.0. The molecule has 0 aromatic heterocycles. The van der Waals surface area contributed by atoms with Gasteiger partial charge in [0.15, 0.2) is 0 Å². The summed E-state index contributed by atoms with van der Waals surface area (Å²) < 4.78 is 32.9. The number of benzene rings is 1. The van der Waals surface area contributed by atoms with E-state index in [0.717, 1.165) is 12.1 Å². The van der Waals surface area contributed by atoms with Crippen molar-refractivity contribution < 1.29 is 13.2 Å². The molecular formula is C14H22N2O3S. The molecule has 0 bridgehead atoms. The van der Waals surface area contributed by atoms with Crippen molar-refractivity contribution in [3.05, 3.63) is 29.8 Å². The highest BCUT2D eigenvalue weighted by Gasteiger charge is 2.34. The number of nitrogens with one attached hydrogen (secondary N) is 2. The lowest BCUT2D eigenvalue weighted by Crippen LogP contribution is -2.46. The van der Waals surface area contributed by atoms with Gasteiger partial charge in [0.05, 0.1) is 17.0 Å². The fourth-order valence-electron chi connectivity index (χ4n) is 2.22. The first-order valence-corrected chi connectivity index (χ1v) is 8.35. The first kappa shape index (κ1) is 15.4. The van der Waals surface area contributed by atoms with E-state index in [1.807, 2.05) is 19.9 Å². The van der Waals surface area contributed by atoms with Gasteiger partial charge in [-0.25, -0.2) is 13.1 Å². The Bertz CT molecular complexity index is 551. The van der Waals surface area contributed by atoms with E-state index in [1.54, 1.807) is 18.2 Å². The van der Waals surface area contributed by atoms with Crippen LogP contribution in [0.3, 0.4) is 0 Å². The molecule has 0 amide bonds. The van der Waals surface area contributed by atoms with Crippen LogP contribution in [0.25, 0.3) is 0 Å². The summed E-state index contributed by atoms with van der Waals surface area (Å²) in [6.07, 6.45) is 0.698. The molecule has 0 aliphatic carbocycles. The second-order valence-electron chi connectivity index (χ2n) is 5.40. The lowest BCUT2D eigenvalue weighted by atomic mass is 10.0. The van der Waals surface area contributed by atoms with E-state index >= 15 is 0 Å². The Morgan fingerprint density at radius 3 is 2.85 bits per heavy atom. The molecule has 1 aromatic carbocycles. The molecule has 1 aliphatic rings. The largest absolute Gasteiger partial charge is 0.379 e. The molecular weight excluding hydrogens is 276 g/mol. The monoisotopic (exact) mass is 298 g/mol. The zero-order chi connectivity index (χ0) is 14.6. The quantitative estimate of drug-likeness (QED) is 0.829. The smallest absolute Gasteiger partial charge is 0.241 e. The van der Waals surface area contributed by atoms with Crippen molar-refractivity contribution in [1.82, 2.24) is 10.0 Å². The van der Waals surface area contributed by atoms with Crippen molar-refractivity contribution in [1.29, 1.82) is 0 Å². The molecule has 112 valence electrons. The fraction of sp³-hybridized carbons (Fsp3) is 0.571. The van der Waals surface area contributed by atoms with Gasteiger partial charge in [0.25, 0.3) is 0 Å². The number of hydrogen-bond donors (Lipinski definition) is 2. The highest BCUT2D eigenvalue weighted by Crippen LogP contribution is 2.21. The Labute approximate surface area is 120 Å². The molecule has 1 saturated heterocycles. The van der Waals surface area contributed by atoms with E-state index in [2.05, 4.69) is 10.0 Å². The van der Waals surface area contributed by atoms with Gasteiger partial charge in [0, 0.05) is 13.2 Å². The molecule has 20 heavy (non-hydrogen) atoms. The normalized spacial score (nSPS) is 23.1. The van der Waals surface area contributed by atoms with Crippen LogP contribution in [0.4, 0.5) is 0 Å². The highest BCUT2D eigenvalue weighted by atomic mass is 32.2. The predicted octanol–water partition coefficient (Wildman–Crippen LogP) is 1.25. The molecule has 1 aromatic rings. The first-order valence-electron chi connectivity index (χ1n) is 6.87. The van der Waals surface area contributed by atoms with Crippen molar-refractivity contribution in [2.75, 3.05) is 19.8 Å². The maximum Gasteiger partial charge on any atom is 0.241 e. The van der Waals surface area contributed by atoms with Gasteiger partial charge in [-0.2, -0.15) is 0 Å². The lowest BCUT2D eigenvalue weighted by molar-refractivity contribution is 0.178. The summed E-state index contributed by atoms with van der Waals surface area (Å²) in [5.41, 5.74) is 0.457. The molecule has 2 rings (SSSR count). The standard InChI is InChI=1S/C14H22N2O3S/c1-3-15-10-12-5-4-6-13(9-12)20(17,18)16-14(2)7-8-19-11-14/h4-6,9,15-16H,3,7-8,10-11H2,1-2H3. The van der Waals surface area contributed by atoms with E-state index in [1.165, 1.54) is 0 Å². The Morgan fingerprint density at radius 1 is 1.40 bits per heavy atom. The molecule has 1 fully saturated rings. The first-order chi connectivity index (χ1) is 9.45. The van der Waals surface area contributed by atoms with Crippen LogP contribution < -0.4 is 10.0 Å². The molecule has 0 spiro atoms. The minimum atomic E-state index is -3.51. The summed E-state index contributed by atoms with van der Waals surface area (Å²) in [6.45, 7) is 6.43. The Balaban J connectivity index is 2.16. The van der Waals surface area contributed by atoms with E-state index in [-0.39, 0.29) is 0 Å². The van der Waals surface area contributed by atoms with Gasteiger partial charge < -0.3 is 10.1 Å². The van der Waals surface area contributed by atoms with Crippen molar-refractivity contribution in [2.45, 2.75) is 37.2 Å². The van der Waals surface area contributed by atoms with Crippen molar-refractivity contribution in [3.63, 3.8) is 0 Å². The molecule has 5 nitrogen and oxygen atoms in total. The van der Waals surface area contributed by atoms with Crippen LogP contribution in [0.2, 0.25) is 0 Å². The van der Waals surface area contributed by atoms with Gasteiger partial charge in [-0.15, -0.1) is 0 Å². The second kappa shape index (κ2) is 6.22. The summed E-state index contributed by atoms with van der Waals surface area (Å²) in [6, 6.07) is 7.03. The van der Waals surface area contributed by atoms with Crippen molar-refractivity contribution in [2.24, 2.45) is 0 Å². The van der Waals surface area contributed by atoms with Crippen LogP contribution in [-0.4, -0.2) is 33.7 Å². The summed E-state index contributed by atoms with van der Waals surface area (Å²) in [5, 5.41) is 3.19. The lowest BCUT2D eigenvalue weighted by Gasteiger charge is -2.23. The highest BCUT2D eigenvalue weighted by molar-refractivity contribution is 7.89. The third kappa shape index (κ3) is 3.79. The molecule has 6 heteroatoms. The van der Waals surface area contributed by atoms with Crippen LogP contribution in [0, 0.1) is 0 Å². The van der Waals surface area contributed by atoms with Crippen LogP contribution in [0.5, 0.6) is 0 Å². The molecule has 0 saturated carbocycles. The van der Waals surface area contributed by atoms with E-state index in [9.17, 15) is 8.42 Å².